The van der Waals surface area contributed by atoms with E-state index in [-0.39, 0.29) is 18.5 Å². The summed E-state index contributed by atoms with van der Waals surface area (Å²) in [5, 5.41) is 18.3. The van der Waals surface area contributed by atoms with E-state index < -0.39 is 11.9 Å². The summed E-state index contributed by atoms with van der Waals surface area (Å²) in [7, 11) is 1.77. The molecule has 1 aromatic rings. The molecule has 20 heavy (non-hydrogen) atoms. The van der Waals surface area contributed by atoms with E-state index in [1.54, 1.807) is 18.1 Å². The fourth-order valence-electron chi connectivity index (χ4n) is 1.66. The van der Waals surface area contributed by atoms with Crippen molar-refractivity contribution in [2.24, 2.45) is 18.9 Å². The molecule has 0 aliphatic carbocycles. The number of carboxylic acid groups (broad SMARTS) is 1. The highest BCUT2D eigenvalue weighted by Gasteiger charge is 2.21. The highest BCUT2D eigenvalue weighted by Crippen LogP contribution is 2.09. The highest BCUT2D eigenvalue weighted by atomic mass is 16.4. The second kappa shape index (κ2) is 7.46. The molecule has 8 heteroatoms. The maximum absolute atomic E-state index is 11.5. The van der Waals surface area contributed by atoms with E-state index in [2.05, 4.69) is 20.7 Å². The predicted molar refractivity (Wildman–Crippen MR) is 72.1 cm³/mol. The topological polar surface area (TPSA) is 109 Å². The normalized spacial score (nSPS) is 12.2. The lowest BCUT2D eigenvalue weighted by Crippen LogP contribution is -2.41. The number of aryl methyl sites for hydroxylation is 1. The first-order chi connectivity index (χ1) is 9.40. The molecular formula is C12H21N5O3. The van der Waals surface area contributed by atoms with E-state index in [1.165, 1.54) is 0 Å². The SMILES string of the molecule is CC(C)C(CNC(=O)NCCc1ncn(C)n1)C(=O)O. The van der Waals surface area contributed by atoms with Gasteiger partial charge in [-0.3, -0.25) is 9.48 Å². The average molecular weight is 283 g/mol. The number of rotatable bonds is 7. The number of carbonyl (C=O) groups excluding carboxylic acids is 1. The number of carbonyl (C=O) groups is 2. The molecule has 0 saturated carbocycles. The van der Waals surface area contributed by atoms with Crippen molar-refractivity contribution in [1.29, 1.82) is 0 Å². The van der Waals surface area contributed by atoms with Crippen LogP contribution in [0, 0.1) is 11.8 Å². The molecule has 1 aromatic heterocycles. The first kappa shape index (κ1) is 15.9. The van der Waals surface area contributed by atoms with Gasteiger partial charge >= 0.3 is 12.0 Å². The van der Waals surface area contributed by atoms with Crippen molar-refractivity contribution in [1.82, 2.24) is 25.4 Å². The number of aliphatic carboxylic acids is 1. The third-order valence-electron chi connectivity index (χ3n) is 2.89. The van der Waals surface area contributed by atoms with Gasteiger partial charge in [0.15, 0.2) is 5.82 Å². The molecule has 1 rings (SSSR count). The molecule has 112 valence electrons. The van der Waals surface area contributed by atoms with Gasteiger partial charge in [0.1, 0.15) is 6.33 Å². The number of hydrogen-bond acceptors (Lipinski definition) is 4. The van der Waals surface area contributed by atoms with E-state index >= 15 is 0 Å². The molecule has 0 radical (unpaired) electrons. The molecule has 0 spiro atoms. The van der Waals surface area contributed by atoms with Gasteiger partial charge in [0.05, 0.1) is 5.92 Å². The first-order valence-corrected chi connectivity index (χ1v) is 6.49. The van der Waals surface area contributed by atoms with Crippen LogP contribution in [0.15, 0.2) is 6.33 Å². The van der Waals surface area contributed by atoms with Crippen molar-refractivity contribution in [3.8, 4) is 0 Å². The molecule has 8 nitrogen and oxygen atoms in total. The van der Waals surface area contributed by atoms with Gasteiger partial charge in [-0.2, -0.15) is 5.10 Å². The van der Waals surface area contributed by atoms with Gasteiger partial charge in [-0.1, -0.05) is 13.8 Å². The van der Waals surface area contributed by atoms with E-state index in [4.69, 9.17) is 5.11 Å². The smallest absolute Gasteiger partial charge is 0.314 e. The van der Waals surface area contributed by atoms with Crippen molar-refractivity contribution in [2.75, 3.05) is 13.1 Å². The molecule has 0 fully saturated rings. The molecule has 1 heterocycles. The zero-order valence-corrected chi connectivity index (χ0v) is 12.0. The maximum atomic E-state index is 11.5. The van der Waals surface area contributed by atoms with Crippen LogP contribution in [-0.4, -0.2) is 45.0 Å². The van der Waals surface area contributed by atoms with Crippen LogP contribution in [0.2, 0.25) is 0 Å². The van der Waals surface area contributed by atoms with Gasteiger partial charge in [-0.05, 0) is 5.92 Å². The van der Waals surface area contributed by atoms with Gasteiger partial charge in [0.25, 0.3) is 0 Å². The molecule has 3 N–H and O–H groups in total. The number of carboxylic acids is 1. The van der Waals surface area contributed by atoms with E-state index in [0.717, 1.165) is 0 Å². The Kier molecular flexibility index (Phi) is 5.95. The summed E-state index contributed by atoms with van der Waals surface area (Å²) in [4.78, 5) is 26.5. The van der Waals surface area contributed by atoms with Gasteiger partial charge in [0, 0.05) is 26.6 Å². The average Bonchev–Trinajstić information content (AvgIpc) is 2.74. The Morgan fingerprint density at radius 3 is 2.60 bits per heavy atom. The Hall–Kier alpha value is -2.12. The summed E-state index contributed by atoms with van der Waals surface area (Å²) in [6.07, 6.45) is 2.12. The van der Waals surface area contributed by atoms with Crippen LogP contribution in [0.25, 0.3) is 0 Å². The molecule has 1 atom stereocenters. The summed E-state index contributed by atoms with van der Waals surface area (Å²) in [6.45, 7) is 4.13. The highest BCUT2D eigenvalue weighted by molar-refractivity contribution is 5.75. The van der Waals surface area contributed by atoms with Crippen molar-refractivity contribution in [2.45, 2.75) is 20.3 Å². The molecule has 0 bridgehead atoms. The minimum absolute atomic E-state index is 0.0366. The number of hydrogen-bond donors (Lipinski definition) is 3. The summed E-state index contributed by atoms with van der Waals surface area (Å²) in [5.41, 5.74) is 0. The van der Waals surface area contributed by atoms with Gasteiger partial charge < -0.3 is 15.7 Å². The lowest BCUT2D eigenvalue weighted by atomic mass is 9.96. The van der Waals surface area contributed by atoms with Crippen molar-refractivity contribution >= 4 is 12.0 Å². The van der Waals surface area contributed by atoms with Crippen LogP contribution >= 0.6 is 0 Å². The van der Waals surface area contributed by atoms with E-state index in [9.17, 15) is 9.59 Å². The third-order valence-corrected chi connectivity index (χ3v) is 2.89. The minimum Gasteiger partial charge on any atom is -0.481 e. The molecule has 0 aliphatic heterocycles. The standard InChI is InChI=1S/C12H21N5O3/c1-8(2)9(11(18)19)6-14-12(20)13-5-4-10-15-7-17(3)16-10/h7-9H,4-6H2,1-3H3,(H,18,19)(H2,13,14,20). The Labute approximate surface area is 117 Å². The largest absolute Gasteiger partial charge is 0.481 e. The third kappa shape index (κ3) is 5.25. The second-order valence-corrected chi connectivity index (χ2v) is 4.91. The maximum Gasteiger partial charge on any atom is 0.314 e. The van der Waals surface area contributed by atoms with E-state index in [1.807, 2.05) is 13.8 Å². The monoisotopic (exact) mass is 283 g/mol. The molecule has 0 saturated heterocycles. The van der Waals surface area contributed by atoms with Crippen LogP contribution in [0.5, 0.6) is 0 Å². The van der Waals surface area contributed by atoms with Crippen LogP contribution in [0.3, 0.4) is 0 Å². The summed E-state index contributed by atoms with van der Waals surface area (Å²) < 4.78 is 1.59. The molecule has 0 aromatic carbocycles. The lowest BCUT2D eigenvalue weighted by Gasteiger charge is -2.16. The van der Waals surface area contributed by atoms with Gasteiger partial charge in [-0.15, -0.1) is 0 Å². The number of aromatic nitrogens is 3. The lowest BCUT2D eigenvalue weighted by molar-refractivity contribution is -0.142. The van der Waals surface area contributed by atoms with Crippen LogP contribution in [-0.2, 0) is 18.3 Å². The fraction of sp³-hybridized carbons (Fsp3) is 0.667. The Morgan fingerprint density at radius 1 is 1.40 bits per heavy atom. The zero-order chi connectivity index (χ0) is 15.1. The minimum atomic E-state index is -0.905. The number of amides is 2. The first-order valence-electron chi connectivity index (χ1n) is 6.49. The summed E-state index contributed by atoms with van der Waals surface area (Å²) in [5.74, 6) is -0.875. The van der Waals surface area contributed by atoms with E-state index in [0.29, 0.717) is 18.8 Å². The Balaban J connectivity index is 2.24. The van der Waals surface area contributed by atoms with Crippen LogP contribution < -0.4 is 10.6 Å². The van der Waals surface area contributed by atoms with Crippen LogP contribution in [0.4, 0.5) is 4.79 Å². The number of nitrogens with one attached hydrogen (secondary N) is 2. The summed E-state index contributed by atoms with van der Waals surface area (Å²) in [6, 6.07) is -0.382. The second-order valence-electron chi connectivity index (χ2n) is 4.91. The Morgan fingerprint density at radius 2 is 2.10 bits per heavy atom. The predicted octanol–water partition coefficient (Wildman–Crippen LogP) is 0.0136. The molecule has 1 unspecified atom stereocenters. The van der Waals surface area contributed by atoms with Crippen molar-refractivity contribution in [3.05, 3.63) is 12.2 Å². The molecule has 2 amide bonds. The van der Waals surface area contributed by atoms with Gasteiger partial charge in [-0.25, -0.2) is 9.78 Å². The quantitative estimate of drug-likeness (QED) is 0.653. The van der Waals surface area contributed by atoms with Crippen molar-refractivity contribution in [3.63, 3.8) is 0 Å². The summed E-state index contributed by atoms with van der Waals surface area (Å²) >= 11 is 0. The Bertz CT molecular complexity index is 458. The van der Waals surface area contributed by atoms with Gasteiger partial charge in [0.2, 0.25) is 0 Å². The van der Waals surface area contributed by atoms with Crippen molar-refractivity contribution < 1.29 is 14.7 Å². The number of nitrogens with zero attached hydrogens (tertiary/aromatic N) is 3. The molecular weight excluding hydrogens is 262 g/mol. The number of urea groups is 1. The zero-order valence-electron chi connectivity index (χ0n) is 12.0. The fourth-order valence-corrected chi connectivity index (χ4v) is 1.66. The van der Waals surface area contributed by atoms with Crippen LogP contribution in [0.1, 0.15) is 19.7 Å². The molecule has 0 aliphatic rings.